The van der Waals surface area contributed by atoms with E-state index in [1.54, 1.807) is 12.1 Å². The number of carbonyl (C=O) groups is 3. The predicted molar refractivity (Wildman–Crippen MR) is 213 cm³/mol. The number of hydrogen-bond donors (Lipinski definition) is 0. The molecule has 0 spiro atoms. The molecule has 0 bridgehead atoms. The van der Waals surface area contributed by atoms with Crippen LogP contribution >= 0.6 is 0 Å². The van der Waals surface area contributed by atoms with Crippen molar-refractivity contribution < 1.29 is 33.5 Å². The number of rotatable bonds is 19. The van der Waals surface area contributed by atoms with Gasteiger partial charge in [0.2, 0.25) is 0 Å². The van der Waals surface area contributed by atoms with Gasteiger partial charge < -0.3 is 14.2 Å². The Hall–Kier alpha value is -4.65. The summed E-state index contributed by atoms with van der Waals surface area (Å²) in [5.41, 5.74) is 0.725. The molecular formula is C43H60N4O8. The third-order valence-corrected chi connectivity index (χ3v) is 8.11. The van der Waals surface area contributed by atoms with Crippen molar-refractivity contribution in [2.75, 3.05) is 39.3 Å². The fourth-order valence-electron chi connectivity index (χ4n) is 5.99. The van der Waals surface area contributed by atoms with E-state index >= 15 is 0 Å². The van der Waals surface area contributed by atoms with Gasteiger partial charge in [0.15, 0.2) is 0 Å². The molecule has 0 aliphatic carbocycles. The number of benzene rings is 3. The average Bonchev–Trinajstić information content (AvgIpc) is 3.05. The number of nitrogens with zero attached hydrogens (tertiary/aromatic N) is 4. The lowest BCUT2D eigenvalue weighted by molar-refractivity contribution is -0.384. The van der Waals surface area contributed by atoms with Crippen molar-refractivity contribution in [1.82, 2.24) is 14.7 Å². The van der Waals surface area contributed by atoms with Gasteiger partial charge in [-0.1, -0.05) is 72.8 Å². The molecule has 0 fully saturated rings. The number of carbonyl (C=O) groups excluding carboxylic acids is 3. The standard InChI is InChI=1S/C43H60N4O8/c1-41(2,3)53-38(48)30-44(27-34-16-12-10-13-17-34)24-25-45(31-39(49)54-42(4,5)6)29-37(26-33-20-22-36(23-21-33)47(51)52)46(28-35-18-14-11-15-19-35)32-40(50)55-43(7,8)9/h10-23,37H,24-32H2,1-9H3. The van der Waals surface area contributed by atoms with Gasteiger partial charge >= 0.3 is 17.9 Å². The molecule has 3 aromatic rings. The summed E-state index contributed by atoms with van der Waals surface area (Å²) >= 11 is 0. The summed E-state index contributed by atoms with van der Waals surface area (Å²) in [5, 5.41) is 11.5. The fraction of sp³-hybridized carbons (Fsp3) is 0.512. The van der Waals surface area contributed by atoms with Crippen molar-refractivity contribution in [1.29, 1.82) is 0 Å². The largest absolute Gasteiger partial charge is 0.459 e. The maximum Gasteiger partial charge on any atom is 0.320 e. The summed E-state index contributed by atoms with van der Waals surface area (Å²) in [7, 11) is 0. The van der Waals surface area contributed by atoms with Crippen molar-refractivity contribution in [2.24, 2.45) is 0 Å². The Kier molecular flexibility index (Phi) is 16.5. The maximum atomic E-state index is 13.5. The lowest BCUT2D eigenvalue weighted by Crippen LogP contribution is -2.50. The number of ether oxygens (including phenoxy) is 3. The van der Waals surface area contributed by atoms with Crippen LogP contribution in [0.2, 0.25) is 0 Å². The first kappa shape index (κ1) is 44.7. The topological polar surface area (TPSA) is 132 Å². The number of nitro benzene ring substituents is 1. The minimum absolute atomic E-state index is 0.0229. The molecular weight excluding hydrogens is 700 g/mol. The number of esters is 3. The molecule has 0 aromatic heterocycles. The summed E-state index contributed by atoms with van der Waals surface area (Å²) in [6.45, 7) is 18.3. The van der Waals surface area contributed by atoms with Crippen molar-refractivity contribution in [2.45, 2.75) is 105 Å². The van der Waals surface area contributed by atoms with E-state index in [9.17, 15) is 24.5 Å². The summed E-state index contributed by atoms with van der Waals surface area (Å²) in [4.78, 5) is 57.1. The van der Waals surface area contributed by atoms with Gasteiger partial charge in [-0.25, -0.2) is 0 Å². The minimum atomic E-state index is -0.715. The number of non-ortho nitro benzene ring substituents is 1. The van der Waals surface area contributed by atoms with Crippen molar-refractivity contribution in [3.63, 3.8) is 0 Å². The molecule has 12 heteroatoms. The third-order valence-electron chi connectivity index (χ3n) is 8.11. The molecule has 1 atom stereocenters. The predicted octanol–water partition coefficient (Wildman–Crippen LogP) is 6.84. The summed E-state index contributed by atoms with van der Waals surface area (Å²) < 4.78 is 17.3. The number of nitro groups is 1. The fourth-order valence-corrected chi connectivity index (χ4v) is 5.99. The zero-order valence-electron chi connectivity index (χ0n) is 34.1. The molecule has 55 heavy (non-hydrogen) atoms. The second-order valence-electron chi connectivity index (χ2n) is 16.9. The SMILES string of the molecule is CC(C)(C)OC(=O)CN(CCN(CC(=O)OC(C)(C)C)CC(Cc1ccc([N+](=O)[O-])cc1)N(CC(=O)OC(C)(C)C)Cc1ccccc1)Cc1ccccc1. The highest BCUT2D eigenvalue weighted by Crippen LogP contribution is 2.20. The molecule has 0 amide bonds. The first-order valence-electron chi connectivity index (χ1n) is 18.8. The Bertz CT molecular complexity index is 1660. The van der Waals surface area contributed by atoms with Gasteiger partial charge in [0.05, 0.1) is 24.6 Å². The lowest BCUT2D eigenvalue weighted by atomic mass is 10.0. The maximum absolute atomic E-state index is 13.5. The van der Waals surface area contributed by atoms with Gasteiger partial charge in [-0.3, -0.25) is 39.2 Å². The van der Waals surface area contributed by atoms with Crippen LogP contribution in [-0.2, 0) is 48.1 Å². The van der Waals surface area contributed by atoms with Gasteiger partial charge in [0, 0.05) is 50.9 Å². The average molecular weight is 761 g/mol. The van der Waals surface area contributed by atoms with Crippen LogP contribution in [0.4, 0.5) is 5.69 Å². The Morgan fingerprint density at radius 1 is 0.582 bits per heavy atom. The third kappa shape index (κ3) is 18.5. The molecule has 0 N–H and O–H groups in total. The van der Waals surface area contributed by atoms with Gasteiger partial charge in [0.1, 0.15) is 16.8 Å². The molecule has 0 saturated heterocycles. The van der Waals surface area contributed by atoms with E-state index in [2.05, 4.69) is 0 Å². The van der Waals surface area contributed by atoms with Gasteiger partial charge in [-0.05, 0) is 85.4 Å². The van der Waals surface area contributed by atoms with Crippen LogP contribution in [0.5, 0.6) is 0 Å². The van der Waals surface area contributed by atoms with E-state index < -0.39 is 33.7 Å². The van der Waals surface area contributed by atoms with E-state index in [1.165, 1.54) is 12.1 Å². The summed E-state index contributed by atoms with van der Waals surface area (Å²) in [5.74, 6) is -1.17. The molecule has 0 heterocycles. The second kappa shape index (κ2) is 20.3. The van der Waals surface area contributed by atoms with Crippen LogP contribution in [0.25, 0.3) is 0 Å². The monoisotopic (exact) mass is 760 g/mol. The second-order valence-corrected chi connectivity index (χ2v) is 16.9. The quantitative estimate of drug-likeness (QED) is 0.0551. The minimum Gasteiger partial charge on any atom is -0.459 e. The highest BCUT2D eigenvalue weighted by Gasteiger charge is 2.29. The van der Waals surface area contributed by atoms with E-state index in [1.807, 2.05) is 138 Å². The number of hydrogen-bond acceptors (Lipinski definition) is 11. The smallest absolute Gasteiger partial charge is 0.320 e. The van der Waals surface area contributed by atoms with Gasteiger partial charge in [0.25, 0.3) is 5.69 Å². The molecule has 0 saturated carbocycles. The molecule has 0 aliphatic rings. The highest BCUT2D eigenvalue weighted by molar-refractivity contribution is 5.73. The van der Waals surface area contributed by atoms with Crippen LogP contribution in [0.3, 0.4) is 0 Å². The van der Waals surface area contributed by atoms with Crippen LogP contribution in [0.1, 0.15) is 79.0 Å². The summed E-state index contributed by atoms with van der Waals surface area (Å²) in [6, 6.07) is 25.6. The van der Waals surface area contributed by atoms with Crippen LogP contribution in [-0.4, -0.2) is 99.6 Å². The van der Waals surface area contributed by atoms with Crippen molar-refractivity contribution in [3.8, 4) is 0 Å². The normalized spacial score (nSPS) is 12.8. The Balaban J connectivity index is 2.04. The first-order chi connectivity index (χ1) is 25.6. The molecule has 300 valence electrons. The zero-order chi connectivity index (χ0) is 40.8. The molecule has 1 unspecified atom stereocenters. The van der Waals surface area contributed by atoms with Crippen molar-refractivity contribution in [3.05, 3.63) is 112 Å². The van der Waals surface area contributed by atoms with E-state index in [0.717, 1.165) is 16.7 Å². The van der Waals surface area contributed by atoms with Gasteiger partial charge in [-0.15, -0.1) is 0 Å². The van der Waals surface area contributed by atoms with Gasteiger partial charge in [-0.2, -0.15) is 0 Å². The zero-order valence-corrected chi connectivity index (χ0v) is 34.1. The van der Waals surface area contributed by atoms with Crippen molar-refractivity contribution >= 4 is 23.6 Å². The Morgan fingerprint density at radius 2 is 1.00 bits per heavy atom. The molecule has 3 aromatic carbocycles. The highest BCUT2D eigenvalue weighted by atomic mass is 16.6. The lowest BCUT2D eigenvalue weighted by Gasteiger charge is -2.36. The van der Waals surface area contributed by atoms with E-state index in [-0.39, 0.29) is 37.3 Å². The van der Waals surface area contributed by atoms with Crippen LogP contribution in [0, 0.1) is 10.1 Å². The summed E-state index contributed by atoms with van der Waals surface area (Å²) in [6.07, 6.45) is 0.407. The molecule has 0 aliphatic heterocycles. The Morgan fingerprint density at radius 3 is 1.45 bits per heavy atom. The van der Waals surface area contributed by atoms with Crippen LogP contribution in [0.15, 0.2) is 84.9 Å². The van der Waals surface area contributed by atoms with E-state index in [0.29, 0.717) is 39.1 Å². The van der Waals surface area contributed by atoms with Crippen LogP contribution < -0.4 is 0 Å². The molecule has 12 nitrogen and oxygen atoms in total. The Labute approximate surface area is 326 Å². The van der Waals surface area contributed by atoms with E-state index in [4.69, 9.17) is 14.2 Å². The first-order valence-corrected chi connectivity index (χ1v) is 18.8. The molecule has 0 radical (unpaired) electrons. The molecule has 3 rings (SSSR count).